The van der Waals surface area contributed by atoms with E-state index in [1.807, 2.05) is 36.4 Å². The maximum absolute atomic E-state index is 13.3. The number of methoxy groups -OCH3 is 1. The first-order valence-electron chi connectivity index (χ1n) is 12.3. The number of rotatable bonds is 7. The molecule has 9 heteroatoms. The SMILES string of the molecule is COCc1c(OC(=O)OC(C)C)ncc2c1c1cc(OCc3ccccc3)ccc1n2C(=O)OC(C)(C)C. The maximum atomic E-state index is 13.3. The minimum Gasteiger partial charge on any atom is -0.489 e. The fourth-order valence-corrected chi connectivity index (χ4v) is 4.03. The lowest BCUT2D eigenvalue weighted by Crippen LogP contribution is -2.27. The van der Waals surface area contributed by atoms with Crippen LogP contribution in [0.2, 0.25) is 0 Å². The first-order valence-corrected chi connectivity index (χ1v) is 12.3. The largest absolute Gasteiger partial charge is 0.515 e. The Hall–Kier alpha value is -4.11. The van der Waals surface area contributed by atoms with Crippen molar-refractivity contribution in [1.82, 2.24) is 9.55 Å². The third-order valence-corrected chi connectivity index (χ3v) is 5.46. The Bertz CT molecular complexity index is 1450. The molecule has 0 amide bonds. The van der Waals surface area contributed by atoms with Crippen molar-refractivity contribution in [3.8, 4) is 11.6 Å². The molecule has 0 aliphatic carbocycles. The summed E-state index contributed by atoms with van der Waals surface area (Å²) in [5.74, 6) is 0.635. The summed E-state index contributed by atoms with van der Waals surface area (Å²) < 4.78 is 29.2. The van der Waals surface area contributed by atoms with Gasteiger partial charge in [0, 0.05) is 17.9 Å². The molecule has 2 aromatic carbocycles. The Morgan fingerprint density at radius 1 is 1.00 bits per heavy atom. The molecule has 0 aliphatic rings. The molecule has 0 atom stereocenters. The van der Waals surface area contributed by atoms with E-state index in [1.54, 1.807) is 46.8 Å². The fourth-order valence-electron chi connectivity index (χ4n) is 4.03. The number of carbonyl (C=O) groups is 2. The molecule has 0 spiro atoms. The van der Waals surface area contributed by atoms with Gasteiger partial charge in [0.1, 0.15) is 18.0 Å². The lowest BCUT2D eigenvalue weighted by molar-refractivity contribution is 0.0549. The third kappa shape index (κ3) is 6.06. The molecular formula is C29H32N2O7. The quantitative estimate of drug-likeness (QED) is 0.251. The number of hydrogen-bond donors (Lipinski definition) is 0. The summed E-state index contributed by atoms with van der Waals surface area (Å²) in [5.41, 5.74) is 1.85. The van der Waals surface area contributed by atoms with Gasteiger partial charge in [-0.15, -0.1) is 0 Å². The molecule has 9 nitrogen and oxygen atoms in total. The predicted molar refractivity (Wildman–Crippen MR) is 143 cm³/mol. The maximum Gasteiger partial charge on any atom is 0.515 e. The molecule has 2 heterocycles. The molecule has 2 aromatic heterocycles. The molecule has 0 aliphatic heterocycles. The Balaban J connectivity index is 1.88. The lowest BCUT2D eigenvalue weighted by atomic mass is 10.1. The smallest absolute Gasteiger partial charge is 0.489 e. The average molecular weight is 521 g/mol. The van der Waals surface area contributed by atoms with E-state index in [0.29, 0.717) is 39.7 Å². The molecule has 0 saturated carbocycles. The highest BCUT2D eigenvalue weighted by Gasteiger charge is 2.26. The van der Waals surface area contributed by atoms with Gasteiger partial charge in [0.05, 0.1) is 35.5 Å². The molecule has 4 aromatic rings. The molecule has 4 rings (SSSR count). The lowest BCUT2D eigenvalue weighted by Gasteiger charge is -2.20. The van der Waals surface area contributed by atoms with Gasteiger partial charge in [-0.05, 0) is 58.4 Å². The summed E-state index contributed by atoms with van der Waals surface area (Å²) in [5, 5.41) is 1.31. The van der Waals surface area contributed by atoms with Crippen LogP contribution in [-0.2, 0) is 27.4 Å². The molecular weight excluding hydrogens is 488 g/mol. The van der Waals surface area contributed by atoms with Crippen molar-refractivity contribution in [1.29, 1.82) is 0 Å². The number of fused-ring (bicyclic) bond motifs is 3. The standard InChI is InChI=1S/C29H32N2O7/c1-18(2)36-28(33)37-26-22(17-34-6)25-21-14-20(35-16-19-10-8-7-9-11-19)12-13-23(21)31(24(25)15-30-26)27(32)38-29(3,4)5/h7-15,18H,16-17H2,1-6H3. The Morgan fingerprint density at radius 2 is 1.74 bits per heavy atom. The number of pyridine rings is 1. The van der Waals surface area contributed by atoms with E-state index >= 15 is 0 Å². The summed E-state index contributed by atoms with van der Waals surface area (Å²) in [6.07, 6.45) is -0.336. The summed E-state index contributed by atoms with van der Waals surface area (Å²) >= 11 is 0. The van der Waals surface area contributed by atoms with Crippen LogP contribution in [-0.4, -0.2) is 40.6 Å². The first-order chi connectivity index (χ1) is 18.1. The highest BCUT2D eigenvalue weighted by atomic mass is 16.7. The van der Waals surface area contributed by atoms with Crippen LogP contribution in [0.15, 0.2) is 54.7 Å². The zero-order valence-corrected chi connectivity index (χ0v) is 22.4. The Labute approximate surface area is 221 Å². The second-order valence-electron chi connectivity index (χ2n) is 10.0. The van der Waals surface area contributed by atoms with Crippen molar-refractivity contribution in [2.45, 2.75) is 59.5 Å². The normalized spacial score (nSPS) is 11.7. The van der Waals surface area contributed by atoms with E-state index in [1.165, 1.54) is 17.9 Å². The second-order valence-corrected chi connectivity index (χ2v) is 10.0. The third-order valence-electron chi connectivity index (χ3n) is 5.46. The van der Waals surface area contributed by atoms with Crippen LogP contribution in [0.1, 0.15) is 45.7 Å². The minimum absolute atomic E-state index is 0.0313. The van der Waals surface area contributed by atoms with Gasteiger partial charge in [-0.3, -0.25) is 0 Å². The van der Waals surface area contributed by atoms with Crippen LogP contribution in [0.3, 0.4) is 0 Å². The zero-order valence-electron chi connectivity index (χ0n) is 22.4. The highest BCUT2D eigenvalue weighted by molar-refractivity contribution is 6.14. The van der Waals surface area contributed by atoms with Crippen molar-refractivity contribution >= 4 is 34.1 Å². The molecule has 200 valence electrons. The van der Waals surface area contributed by atoms with Gasteiger partial charge in [-0.25, -0.2) is 19.1 Å². The van der Waals surface area contributed by atoms with Crippen molar-refractivity contribution in [3.63, 3.8) is 0 Å². The van der Waals surface area contributed by atoms with Crippen molar-refractivity contribution in [2.24, 2.45) is 0 Å². The van der Waals surface area contributed by atoms with Gasteiger partial charge >= 0.3 is 12.2 Å². The Morgan fingerprint density at radius 3 is 2.39 bits per heavy atom. The summed E-state index contributed by atoms with van der Waals surface area (Å²) in [4.78, 5) is 30.0. The van der Waals surface area contributed by atoms with Crippen LogP contribution < -0.4 is 9.47 Å². The monoisotopic (exact) mass is 520 g/mol. The average Bonchev–Trinajstić information content (AvgIpc) is 3.17. The van der Waals surface area contributed by atoms with Gasteiger partial charge in [0.2, 0.25) is 5.88 Å². The fraction of sp³-hybridized carbons (Fsp3) is 0.345. The number of aromatic nitrogens is 2. The molecule has 0 bridgehead atoms. The van der Waals surface area contributed by atoms with Crippen molar-refractivity contribution in [3.05, 3.63) is 65.9 Å². The molecule has 0 N–H and O–H groups in total. The minimum atomic E-state index is -0.882. The van der Waals surface area contributed by atoms with E-state index < -0.39 is 17.8 Å². The van der Waals surface area contributed by atoms with Gasteiger partial charge in [-0.2, -0.15) is 0 Å². The van der Waals surface area contributed by atoms with Crippen LogP contribution >= 0.6 is 0 Å². The van der Waals surface area contributed by atoms with Gasteiger partial charge in [0.25, 0.3) is 0 Å². The summed E-state index contributed by atoms with van der Waals surface area (Å²) in [6.45, 7) is 9.29. The molecule has 0 radical (unpaired) electrons. The molecule has 0 saturated heterocycles. The number of carbonyl (C=O) groups excluding carboxylic acids is 2. The van der Waals surface area contributed by atoms with E-state index in [9.17, 15) is 9.59 Å². The first kappa shape index (κ1) is 26.9. The van der Waals surface area contributed by atoms with Crippen LogP contribution in [0.5, 0.6) is 11.6 Å². The summed E-state index contributed by atoms with van der Waals surface area (Å²) in [7, 11) is 1.52. The van der Waals surface area contributed by atoms with E-state index in [4.69, 9.17) is 23.7 Å². The number of nitrogens with zero attached hydrogens (tertiary/aromatic N) is 2. The number of ether oxygens (including phenoxy) is 5. The van der Waals surface area contributed by atoms with Crippen LogP contribution in [0, 0.1) is 0 Å². The van der Waals surface area contributed by atoms with E-state index in [-0.39, 0.29) is 18.6 Å². The molecule has 38 heavy (non-hydrogen) atoms. The van der Waals surface area contributed by atoms with Crippen LogP contribution in [0.4, 0.5) is 9.59 Å². The van der Waals surface area contributed by atoms with E-state index in [2.05, 4.69) is 4.98 Å². The Kier molecular flexibility index (Phi) is 7.87. The zero-order chi connectivity index (χ0) is 27.4. The predicted octanol–water partition coefficient (Wildman–Crippen LogP) is 6.62. The van der Waals surface area contributed by atoms with Gasteiger partial charge < -0.3 is 23.7 Å². The van der Waals surface area contributed by atoms with Gasteiger partial charge in [0.15, 0.2) is 0 Å². The number of hydrogen-bond acceptors (Lipinski definition) is 8. The van der Waals surface area contributed by atoms with Crippen molar-refractivity contribution < 1.29 is 33.3 Å². The molecule has 0 unspecified atom stereocenters. The molecule has 0 fully saturated rings. The second kappa shape index (κ2) is 11.1. The summed E-state index contributed by atoms with van der Waals surface area (Å²) in [6, 6.07) is 15.2. The highest BCUT2D eigenvalue weighted by Crippen LogP contribution is 2.38. The van der Waals surface area contributed by atoms with Crippen LogP contribution in [0.25, 0.3) is 21.8 Å². The van der Waals surface area contributed by atoms with Crippen molar-refractivity contribution in [2.75, 3.05) is 7.11 Å². The topological polar surface area (TPSA) is 98.1 Å². The number of benzene rings is 2. The van der Waals surface area contributed by atoms with E-state index in [0.717, 1.165) is 5.56 Å². The van der Waals surface area contributed by atoms with Gasteiger partial charge in [-0.1, -0.05) is 30.3 Å².